The van der Waals surface area contributed by atoms with E-state index in [9.17, 15) is 19.4 Å². The number of hydrogen-bond acceptors (Lipinski definition) is 5. The van der Waals surface area contributed by atoms with Crippen molar-refractivity contribution < 1.29 is 32.9 Å². The normalized spacial score (nSPS) is 13.9. The molecule has 1 amide bonds. The van der Waals surface area contributed by atoms with Crippen LogP contribution < -0.4 is 5.32 Å². The summed E-state index contributed by atoms with van der Waals surface area (Å²) in [6.45, 7) is 4.83. The number of quaternary nitrogens is 1. The Hall–Kier alpha value is -1.80. The predicted molar refractivity (Wildman–Crippen MR) is 369 cm³/mol. The van der Waals surface area contributed by atoms with Gasteiger partial charge < -0.3 is 19.8 Å². The van der Waals surface area contributed by atoms with E-state index in [1.807, 2.05) is 21.1 Å². The molecule has 0 spiro atoms. The highest BCUT2D eigenvalue weighted by atomic mass is 31.2. The highest BCUT2D eigenvalue weighted by Crippen LogP contribution is 2.43. The number of hydrogen-bond donors (Lipinski definition) is 3. The maximum Gasteiger partial charge on any atom is 0.472 e. The molecule has 0 saturated carbocycles. The second kappa shape index (κ2) is 65.6. The van der Waals surface area contributed by atoms with Gasteiger partial charge in [0.25, 0.3) is 0 Å². The molecule has 0 heterocycles. The highest BCUT2D eigenvalue weighted by molar-refractivity contribution is 7.47. The summed E-state index contributed by atoms with van der Waals surface area (Å²) in [5.41, 5.74) is 0. The van der Waals surface area contributed by atoms with Crippen molar-refractivity contribution in [3.05, 3.63) is 60.8 Å². The molecule has 0 saturated heterocycles. The SMILES string of the molecule is CC/C=C\C/C=C\C/C=C\C/C=C\C/C=C\CCCCCCCCCCCCCCCCCCCCCCCC(=O)NC(COP(=O)(O)OCC[N+](C)(C)C)C(O)CCCCCCCCCCCCCCCCCCCCCCCCCCC. The van der Waals surface area contributed by atoms with E-state index in [0.29, 0.717) is 23.9 Å². The van der Waals surface area contributed by atoms with Gasteiger partial charge in [0.1, 0.15) is 13.2 Å². The van der Waals surface area contributed by atoms with Crippen LogP contribution in [0.25, 0.3) is 0 Å². The molecule has 494 valence electrons. The molecule has 0 bridgehead atoms. The Morgan fingerprint density at radius 3 is 1.05 bits per heavy atom. The fourth-order valence-electron chi connectivity index (χ4n) is 11.1. The smallest absolute Gasteiger partial charge is 0.391 e. The van der Waals surface area contributed by atoms with Crippen LogP contribution in [0.1, 0.15) is 361 Å². The Bertz CT molecular complexity index is 1550. The van der Waals surface area contributed by atoms with Crippen molar-refractivity contribution in [2.45, 2.75) is 373 Å². The maximum atomic E-state index is 13.1. The van der Waals surface area contributed by atoms with E-state index in [0.717, 1.165) is 70.6 Å². The molecule has 8 nitrogen and oxygen atoms in total. The second-order valence-electron chi connectivity index (χ2n) is 26.3. The first-order valence-electron chi connectivity index (χ1n) is 36.7. The van der Waals surface area contributed by atoms with Crippen molar-refractivity contribution in [3.63, 3.8) is 0 Å². The van der Waals surface area contributed by atoms with Crippen molar-refractivity contribution in [2.75, 3.05) is 40.9 Å². The number of amides is 1. The van der Waals surface area contributed by atoms with Crippen LogP contribution in [-0.4, -0.2) is 73.4 Å². The largest absolute Gasteiger partial charge is 0.472 e. The summed E-state index contributed by atoms with van der Waals surface area (Å²) in [4.78, 5) is 23.5. The van der Waals surface area contributed by atoms with Crippen molar-refractivity contribution in [3.8, 4) is 0 Å². The molecule has 0 aliphatic carbocycles. The van der Waals surface area contributed by atoms with E-state index >= 15 is 0 Å². The Morgan fingerprint density at radius 2 is 0.714 bits per heavy atom. The van der Waals surface area contributed by atoms with Gasteiger partial charge in [0.2, 0.25) is 5.91 Å². The van der Waals surface area contributed by atoms with E-state index < -0.39 is 20.0 Å². The van der Waals surface area contributed by atoms with Crippen LogP contribution in [0, 0.1) is 0 Å². The van der Waals surface area contributed by atoms with Gasteiger partial charge in [0.15, 0.2) is 0 Å². The number of phosphoric acid groups is 1. The standard InChI is InChI=1S/C75H143N2O6P/c1-6-8-10-12-14-16-18-20-22-24-26-28-30-32-33-34-35-36-37-38-39-40-41-42-43-45-47-49-51-53-55-57-59-61-63-65-67-69-75(79)76-73(72-83-84(80,81)82-71-70-77(3,4)5)74(78)68-66-64-62-60-58-56-54-52-50-48-46-44-31-29-27-25-23-21-19-17-15-13-11-9-7-2/h8,10,14,16,20,22,26,28,32-33,73-74,78H,6-7,9,11-13,15,17-19,21,23-25,27,29-31,34-72H2,1-5H3,(H-,76,79,80,81)/p+1/b10-8-,16-14-,22-20-,28-26-,33-32-. The van der Waals surface area contributed by atoms with Crippen molar-refractivity contribution in [1.82, 2.24) is 5.32 Å². The predicted octanol–water partition coefficient (Wildman–Crippen LogP) is 23.6. The fourth-order valence-corrected chi connectivity index (χ4v) is 11.9. The summed E-state index contributed by atoms with van der Waals surface area (Å²) in [5, 5.41) is 14.2. The molecule has 0 aliphatic rings. The van der Waals surface area contributed by atoms with Crippen LogP contribution >= 0.6 is 7.82 Å². The molecule has 3 unspecified atom stereocenters. The van der Waals surface area contributed by atoms with Gasteiger partial charge >= 0.3 is 7.82 Å². The molecule has 0 rings (SSSR count). The molecule has 0 aromatic rings. The summed E-state index contributed by atoms with van der Waals surface area (Å²) in [5.74, 6) is -0.137. The summed E-state index contributed by atoms with van der Waals surface area (Å²) < 4.78 is 23.9. The number of aliphatic hydroxyl groups is 1. The van der Waals surface area contributed by atoms with Crippen molar-refractivity contribution >= 4 is 13.7 Å². The molecule has 0 radical (unpaired) electrons. The fraction of sp³-hybridized carbons (Fsp3) is 0.853. The Kier molecular flexibility index (Phi) is 64.2. The zero-order valence-corrected chi connectivity index (χ0v) is 57.5. The Balaban J connectivity index is 3.96. The van der Waals surface area contributed by atoms with Crippen LogP contribution in [0.5, 0.6) is 0 Å². The number of allylic oxidation sites excluding steroid dienone is 10. The maximum absolute atomic E-state index is 13.1. The molecule has 0 aliphatic heterocycles. The number of phosphoric ester groups is 1. The Labute approximate surface area is 523 Å². The zero-order valence-electron chi connectivity index (χ0n) is 56.7. The lowest BCUT2D eigenvalue weighted by molar-refractivity contribution is -0.870. The average molecular weight is 1200 g/mol. The van der Waals surface area contributed by atoms with E-state index in [2.05, 4.69) is 79.9 Å². The van der Waals surface area contributed by atoms with E-state index in [4.69, 9.17) is 9.05 Å². The van der Waals surface area contributed by atoms with Crippen LogP contribution in [0.3, 0.4) is 0 Å². The number of carbonyl (C=O) groups excluding carboxylic acids is 1. The van der Waals surface area contributed by atoms with Crippen molar-refractivity contribution in [1.29, 1.82) is 0 Å². The summed E-state index contributed by atoms with van der Waals surface area (Å²) in [6.07, 6.45) is 90.5. The van der Waals surface area contributed by atoms with Gasteiger partial charge in [-0.15, -0.1) is 0 Å². The van der Waals surface area contributed by atoms with E-state index in [-0.39, 0.29) is 19.1 Å². The number of unbranched alkanes of at least 4 members (excludes halogenated alkanes) is 45. The molecule has 3 atom stereocenters. The molecule has 9 heteroatoms. The van der Waals surface area contributed by atoms with Gasteiger partial charge in [-0.2, -0.15) is 0 Å². The van der Waals surface area contributed by atoms with Gasteiger partial charge in [-0.25, -0.2) is 4.57 Å². The third-order valence-corrected chi connectivity index (χ3v) is 17.8. The monoisotopic (exact) mass is 1200 g/mol. The van der Waals surface area contributed by atoms with E-state index in [1.54, 1.807) is 0 Å². The lowest BCUT2D eigenvalue weighted by atomic mass is 10.0. The highest BCUT2D eigenvalue weighted by Gasteiger charge is 2.28. The summed E-state index contributed by atoms with van der Waals surface area (Å²) >= 11 is 0. The number of carbonyl (C=O) groups is 1. The van der Waals surface area contributed by atoms with Crippen LogP contribution in [0.15, 0.2) is 60.8 Å². The first-order valence-corrected chi connectivity index (χ1v) is 38.1. The van der Waals surface area contributed by atoms with Crippen LogP contribution in [0.2, 0.25) is 0 Å². The molecule has 84 heavy (non-hydrogen) atoms. The quantitative estimate of drug-likeness (QED) is 0.0243. The van der Waals surface area contributed by atoms with Gasteiger partial charge in [0.05, 0.1) is 39.9 Å². The minimum Gasteiger partial charge on any atom is -0.391 e. The molecular weight excluding hydrogens is 1060 g/mol. The first-order chi connectivity index (χ1) is 41.0. The molecule has 0 aromatic carbocycles. The van der Waals surface area contributed by atoms with Gasteiger partial charge in [-0.3, -0.25) is 13.8 Å². The summed E-state index contributed by atoms with van der Waals surface area (Å²) in [7, 11) is 1.63. The molecular formula is C75H144N2O6P+. The first kappa shape index (κ1) is 82.2. The summed E-state index contributed by atoms with van der Waals surface area (Å²) in [6, 6.07) is -0.762. The molecule has 0 fully saturated rings. The number of nitrogens with zero attached hydrogens (tertiary/aromatic N) is 1. The second-order valence-corrected chi connectivity index (χ2v) is 27.8. The lowest BCUT2D eigenvalue weighted by Gasteiger charge is -2.26. The average Bonchev–Trinajstić information content (AvgIpc) is 3.56. The minimum absolute atomic E-state index is 0.0761. The number of likely N-dealkylation sites (N-methyl/N-ethyl adjacent to an activating group) is 1. The van der Waals surface area contributed by atoms with Crippen molar-refractivity contribution in [2.24, 2.45) is 0 Å². The number of aliphatic hydroxyl groups excluding tert-OH is 1. The lowest BCUT2D eigenvalue weighted by Crippen LogP contribution is -2.46. The molecule has 0 aromatic heterocycles. The minimum atomic E-state index is -4.33. The Morgan fingerprint density at radius 1 is 0.417 bits per heavy atom. The van der Waals surface area contributed by atoms with Gasteiger partial charge in [-0.1, -0.05) is 357 Å². The van der Waals surface area contributed by atoms with Crippen LogP contribution in [-0.2, 0) is 18.4 Å². The number of nitrogens with one attached hydrogen (secondary N) is 1. The van der Waals surface area contributed by atoms with E-state index in [1.165, 1.54) is 263 Å². The molecule has 3 N–H and O–H groups in total. The zero-order chi connectivity index (χ0) is 61.2. The van der Waals surface area contributed by atoms with Crippen LogP contribution in [0.4, 0.5) is 0 Å². The third kappa shape index (κ3) is 67.7. The third-order valence-electron chi connectivity index (χ3n) is 16.8. The number of rotatable bonds is 68. The topological polar surface area (TPSA) is 105 Å². The van der Waals surface area contributed by atoms with Gasteiger partial charge in [0, 0.05) is 6.42 Å². The van der Waals surface area contributed by atoms with Gasteiger partial charge in [-0.05, 0) is 57.8 Å².